The predicted molar refractivity (Wildman–Crippen MR) is 82.3 cm³/mol. The Morgan fingerprint density at radius 2 is 1.37 bits per heavy atom. The van der Waals surface area contributed by atoms with Gasteiger partial charge < -0.3 is 0 Å². The maximum Gasteiger partial charge on any atom is 0.201 e. The van der Waals surface area contributed by atoms with E-state index in [1.165, 1.54) is 6.42 Å². The molecule has 1 aromatic heterocycles. The van der Waals surface area contributed by atoms with Crippen molar-refractivity contribution in [2.45, 2.75) is 32.4 Å². The summed E-state index contributed by atoms with van der Waals surface area (Å²) in [5.74, 6) is 0. The first-order chi connectivity index (χ1) is 9.18. The van der Waals surface area contributed by atoms with Gasteiger partial charge in [-0.1, -0.05) is 11.6 Å². The van der Waals surface area contributed by atoms with E-state index in [0.717, 1.165) is 46.2 Å². The molecule has 0 spiro atoms. The zero-order valence-corrected chi connectivity index (χ0v) is 12.8. The van der Waals surface area contributed by atoms with Gasteiger partial charge in [-0.3, -0.25) is 13.9 Å². The van der Waals surface area contributed by atoms with Crippen LogP contribution < -0.4 is 0 Å². The summed E-state index contributed by atoms with van der Waals surface area (Å²) >= 11 is 17.1. The van der Waals surface area contributed by atoms with Crippen LogP contribution in [0.2, 0.25) is 5.02 Å². The molecule has 6 heteroatoms. The van der Waals surface area contributed by atoms with Crippen LogP contribution in [0.25, 0.3) is 5.69 Å². The zero-order chi connectivity index (χ0) is 13.4. The molecule has 0 saturated carbocycles. The fourth-order valence-corrected chi connectivity index (χ4v) is 3.41. The lowest BCUT2D eigenvalue weighted by Gasteiger charge is -2.04. The van der Waals surface area contributed by atoms with Crippen molar-refractivity contribution >= 4 is 36.0 Å². The van der Waals surface area contributed by atoms with Gasteiger partial charge in [-0.2, -0.15) is 0 Å². The third-order valence-electron chi connectivity index (χ3n) is 3.44. The molecule has 1 aliphatic heterocycles. The van der Waals surface area contributed by atoms with Crippen LogP contribution in [0.1, 0.15) is 19.3 Å². The van der Waals surface area contributed by atoms with E-state index >= 15 is 0 Å². The molecule has 2 aromatic rings. The van der Waals surface area contributed by atoms with E-state index in [9.17, 15) is 0 Å². The van der Waals surface area contributed by atoms with Gasteiger partial charge in [-0.25, -0.2) is 0 Å². The van der Waals surface area contributed by atoms with E-state index in [-0.39, 0.29) is 0 Å². The fraction of sp³-hybridized carbons (Fsp3) is 0.385. The highest BCUT2D eigenvalue weighted by atomic mass is 35.5. The van der Waals surface area contributed by atoms with Crippen molar-refractivity contribution in [3.63, 3.8) is 0 Å². The molecule has 0 amide bonds. The number of nitrogens with zero attached hydrogens (tertiary/aromatic N) is 3. The molecular weight excluding hydrogens is 298 g/mol. The van der Waals surface area contributed by atoms with Gasteiger partial charge in [0.25, 0.3) is 0 Å². The van der Waals surface area contributed by atoms with Gasteiger partial charge in [0, 0.05) is 18.1 Å². The van der Waals surface area contributed by atoms with Crippen LogP contribution in [0.5, 0.6) is 0 Å². The van der Waals surface area contributed by atoms with Crippen LogP contribution in [0.15, 0.2) is 24.3 Å². The maximum absolute atomic E-state index is 5.93. The Labute approximate surface area is 127 Å². The molecule has 0 N–H and O–H groups in total. The summed E-state index contributed by atoms with van der Waals surface area (Å²) in [7, 11) is 0. The first-order valence-corrected chi connectivity index (χ1v) is 7.56. The molecule has 0 atom stereocenters. The van der Waals surface area contributed by atoms with Crippen molar-refractivity contribution in [2.24, 2.45) is 0 Å². The number of rotatable bonds is 1. The molecule has 1 aliphatic rings. The van der Waals surface area contributed by atoms with Gasteiger partial charge in [-0.15, -0.1) is 0 Å². The summed E-state index contributed by atoms with van der Waals surface area (Å²) in [5.41, 5.74) is 0.979. The molecule has 19 heavy (non-hydrogen) atoms. The largest absolute Gasteiger partial charge is 0.261 e. The van der Waals surface area contributed by atoms with E-state index in [1.54, 1.807) is 0 Å². The Kier molecular flexibility index (Phi) is 3.60. The van der Waals surface area contributed by atoms with Crippen LogP contribution in [0, 0.1) is 9.54 Å². The summed E-state index contributed by atoms with van der Waals surface area (Å²) in [5, 5.41) is 0.717. The van der Waals surface area contributed by atoms with Crippen LogP contribution in [0.4, 0.5) is 0 Å². The third kappa shape index (κ3) is 2.30. The first kappa shape index (κ1) is 13.1. The van der Waals surface area contributed by atoms with E-state index in [2.05, 4.69) is 9.36 Å². The van der Waals surface area contributed by atoms with Crippen molar-refractivity contribution in [3.8, 4) is 5.69 Å². The molecule has 0 bridgehead atoms. The molecule has 0 fully saturated rings. The molecule has 3 rings (SSSR count). The Morgan fingerprint density at radius 1 is 0.842 bits per heavy atom. The highest BCUT2D eigenvalue weighted by Gasteiger charge is 2.14. The number of hydrogen-bond acceptors (Lipinski definition) is 2. The highest BCUT2D eigenvalue weighted by molar-refractivity contribution is 7.72. The number of benzene rings is 1. The van der Waals surface area contributed by atoms with E-state index < -0.39 is 0 Å². The molecule has 0 aliphatic carbocycles. The lowest BCUT2D eigenvalue weighted by Crippen LogP contribution is -2.10. The number of halogens is 1. The van der Waals surface area contributed by atoms with Gasteiger partial charge in [0.1, 0.15) is 0 Å². The lowest BCUT2D eigenvalue weighted by atomic mass is 10.2. The Balaban J connectivity index is 2.20. The summed E-state index contributed by atoms with van der Waals surface area (Å²) < 4.78 is 7.74. The van der Waals surface area contributed by atoms with E-state index in [4.69, 9.17) is 36.0 Å². The zero-order valence-electron chi connectivity index (χ0n) is 10.4. The van der Waals surface area contributed by atoms with Crippen LogP contribution in [-0.4, -0.2) is 13.9 Å². The minimum absolute atomic E-state index is 0.717. The predicted octanol–water partition coefficient (Wildman–Crippen LogP) is 4.38. The van der Waals surface area contributed by atoms with Crippen molar-refractivity contribution in [2.75, 3.05) is 0 Å². The average molecular weight is 312 g/mol. The fourth-order valence-electron chi connectivity index (χ4n) is 2.46. The molecular formula is C13H14ClN3S2. The first-order valence-electron chi connectivity index (χ1n) is 6.37. The van der Waals surface area contributed by atoms with E-state index in [0.29, 0.717) is 0 Å². The smallest absolute Gasteiger partial charge is 0.201 e. The van der Waals surface area contributed by atoms with Crippen molar-refractivity contribution in [1.82, 2.24) is 13.9 Å². The number of aromatic nitrogens is 3. The number of fused-ring (bicyclic) bond motifs is 1. The summed E-state index contributed by atoms with van der Waals surface area (Å²) in [6.07, 6.45) is 3.56. The molecule has 1 aromatic carbocycles. The summed E-state index contributed by atoms with van der Waals surface area (Å²) in [4.78, 5) is 0. The van der Waals surface area contributed by atoms with Gasteiger partial charge in [-0.05, 0) is 68.0 Å². The molecule has 100 valence electrons. The Bertz CT molecular complexity index is 671. The highest BCUT2D eigenvalue weighted by Crippen LogP contribution is 2.18. The molecule has 2 heterocycles. The SMILES string of the molecule is S=c1n(-c2ccc(Cl)cc2)c(=S)n2n1CCCCC2. The van der Waals surface area contributed by atoms with Crippen LogP contribution in [-0.2, 0) is 13.1 Å². The quantitative estimate of drug-likeness (QED) is 0.726. The summed E-state index contributed by atoms with van der Waals surface area (Å²) in [6.45, 7) is 1.89. The Morgan fingerprint density at radius 3 is 1.89 bits per heavy atom. The maximum atomic E-state index is 5.93. The van der Waals surface area contributed by atoms with Crippen molar-refractivity contribution < 1.29 is 0 Å². The minimum atomic E-state index is 0.717. The molecule has 0 radical (unpaired) electrons. The average Bonchev–Trinajstić information content (AvgIpc) is 2.61. The van der Waals surface area contributed by atoms with Crippen molar-refractivity contribution in [1.29, 1.82) is 0 Å². The minimum Gasteiger partial charge on any atom is -0.261 e. The second kappa shape index (κ2) is 5.23. The van der Waals surface area contributed by atoms with Crippen LogP contribution >= 0.6 is 36.0 Å². The second-order valence-electron chi connectivity index (χ2n) is 4.68. The lowest BCUT2D eigenvalue weighted by molar-refractivity contribution is 0.479. The summed E-state index contributed by atoms with van der Waals surface area (Å²) in [6, 6.07) is 7.63. The normalized spacial score (nSPS) is 15.0. The monoisotopic (exact) mass is 311 g/mol. The molecule has 0 unspecified atom stereocenters. The van der Waals surface area contributed by atoms with Gasteiger partial charge in [0.2, 0.25) is 9.54 Å². The molecule has 3 nitrogen and oxygen atoms in total. The van der Waals surface area contributed by atoms with Gasteiger partial charge in [0.15, 0.2) is 0 Å². The van der Waals surface area contributed by atoms with Gasteiger partial charge in [0.05, 0.1) is 5.69 Å². The third-order valence-corrected chi connectivity index (χ3v) is 4.48. The topological polar surface area (TPSA) is 14.8 Å². The van der Waals surface area contributed by atoms with Crippen molar-refractivity contribution in [3.05, 3.63) is 38.8 Å². The second-order valence-corrected chi connectivity index (χ2v) is 5.85. The Hall–Kier alpha value is -0.910. The molecule has 0 saturated heterocycles. The number of hydrogen-bond donors (Lipinski definition) is 0. The van der Waals surface area contributed by atoms with Crippen LogP contribution in [0.3, 0.4) is 0 Å². The van der Waals surface area contributed by atoms with E-state index in [1.807, 2.05) is 28.8 Å². The van der Waals surface area contributed by atoms with Gasteiger partial charge >= 0.3 is 0 Å². The standard InChI is InChI=1S/C13H14ClN3S2/c14-10-4-6-11(7-5-10)17-12(18)15-8-2-1-3-9-16(15)13(17)19/h4-7H,1-3,8-9H2.